The average molecular weight is 314 g/mol. The van der Waals surface area contributed by atoms with E-state index in [2.05, 4.69) is 14.8 Å². The van der Waals surface area contributed by atoms with E-state index in [-0.39, 0.29) is 5.91 Å². The van der Waals surface area contributed by atoms with Crippen molar-refractivity contribution in [2.75, 3.05) is 44.2 Å². The fraction of sp³-hybridized carbons (Fsp3) is 0.667. The van der Waals surface area contributed by atoms with Gasteiger partial charge in [-0.15, -0.1) is 0 Å². The molecule has 1 saturated carbocycles. The zero-order chi connectivity index (χ0) is 15.6. The lowest BCUT2D eigenvalue weighted by Crippen LogP contribution is -2.47. The topological polar surface area (TPSA) is 39.7 Å². The van der Waals surface area contributed by atoms with Crippen molar-refractivity contribution >= 4 is 11.7 Å². The van der Waals surface area contributed by atoms with E-state index in [4.69, 9.17) is 0 Å². The van der Waals surface area contributed by atoms with Crippen molar-refractivity contribution in [3.8, 4) is 0 Å². The Bertz CT molecular complexity index is 541. The van der Waals surface area contributed by atoms with Crippen LogP contribution >= 0.6 is 0 Å². The molecule has 1 aliphatic carbocycles. The van der Waals surface area contributed by atoms with Gasteiger partial charge in [0.25, 0.3) is 5.91 Å². The van der Waals surface area contributed by atoms with Crippen molar-refractivity contribution in [2.24, 2.45) is 0 Å². The van der Waals surface area contributed by atoms with E-state index in [0.29, 0.717) is 0 Å². The zero-order valence-corrected chi connectivity index (χ0v) is 13.8. The summed E-state index contributed by atoms with van der Waals surface area (Å²) >= 11 is 0. The minimum atomic E-state index is 0.141. The number of carbonyl (C=O) groups is 1. The quantitative estimate of drug-likeness (QED) is 0.855. The smallest absolute Gasteiger partial charge is 0.255 e. The second kappa shape index (κ2) is 6.48. The molecule has 0 bridgehead atoms. The predicted molar refractivity (Wildman–Crippen MR) is 90.8 cm³/mol. The second-order valence-electron chi connectivity index (χ2n) is 7.01. The number of pyridine rings is 1. The predicted octanol–water partition coefficient (Wildman–Crippen LogP) is 1.99. The summed E-state index contributed by atoms with van der Waals surface area (Å²) in [6.45, 7) is 6.15. The number of hydrogen-bond acceptors (Lipinski definition) is 4. The Morgan fingerprint density at radius 2 is 1.70 bits per heavy atom. The Morgan fingerprint density at radius 3 is 2.30 bits per heavy atom. The molecule has 5 heteroatoms. The Balaban J connectivity index is 1.36. The third-order valence-electron chi connectivity index (χ3n) is 5.34. The summed E-state index contributed by atoms with van der Waals surface area (Å²) in [6, 6.07) is 4.82. The Hall–Kier alpha value is -1.62. The molecule has 2 saturated heterocycles. The molecule has 0 unspecified atom stereocenters. The fourth-order valence-corrected chi connectivity index (χ4v) is 3.74. The molecule has 4 rings (SSSR count). The molecule has 3 heterocycles. The highest BCUT2D eigenvalue weighted by molar-refractivity contribution is 5.94. The van der Waals surface area contributed by atoms with Crippen molar-refractivity contribution < 1.29 is 4.79 Å². The number of amides is 1. The molecule has 0 atom stereocenters. The van der Waals surface area contributed by atoms with Gasteiger partial charge in [0, 0.05) is 51.5 Å². The number of piperazine rings is 1. The summed E-state index contributed by atoms with van der Waals surface area (Å²) in [7, 11) is 0. The Kier molecular flexibility index (Phi) is 4.21. The molecule has 1 amide bonds. The maximum atomic E-state index is 12.5. The first-order valence-corrected chi connectivity index (χ1v) is 9.05. The van der Waals surface area contributed by atoms with Crippen LogP contribution in [0.25, 0.3) is 0 Å². The largest absolute Gasteiger partial charge is 0.354 e. The molecular weight excluding hydrogens is 288 g/mol. The molecule has 0 spiro atoms. The number of piperidine rings is 1. The highest BCUT2D eigenvalue weighted by Crippen LogP contribution is 2.28. The third kappa shape index (κ3) is 3.34. The van der Waals surface area contributed by atoms with Crippen molar-refractivity contribution in [2.45, 2.75) is 38.1 Å². The van der Waals surface area contributed by atoms with Crippen LogP contribution in [-0.2, 0) is 0 Å². The maximum absolute atomic E-state index is 12.5. The van der Waals surface area contributed by atoms with E-state index in [9.17, 15) is 4.79 Å². The van der Waals surface area contributed by atoms with Crippen LogP contribution in [0.4, 0.5) is 5.82 Å². The fourth-order valence-electron chi connectivity index (χ4n) is 3.74. The molecular formula is C18H26N4O. The van der Waals surface area contributed by atoms with Gasteiger partial charge in [0.2, 0.25) is 0 Å². The van der Waals surface area contributed by atoms with Crippen LogP contribution in [0, 0.1) is 0 Å². The molecule has 23 heavy (non-hydrogen) atoms. The molecule has 5 nitrogen and oxygen atoms in total. The molecule has 124 valence electrons. The summed E-state index contributed by atoms with van der Waals surface area (Å²) in [5.41, 5.74) is 0.729. The van der Waals surface area contributed by atoms with Crippen molar-refractivity contribution in [1.82, 2.24) is 14.8 Å². The van der Waals surface area contributed by atoms with Crippen LogP contribution in [0.5, 0.6) is 0 Å². The minimum absolute atomic E-state index is 0.141. The van der Waals surface area contributed by atoms with Gasteiger partial charge in [-0.25, -0.2) is 4.98 Å². The molecule has 1 aromatic heterocycles. The van der Waals surface area contributed by atoms with E-state index < -0.39 is 0 Å². The summed E-state index contributed by atoms with van der Waals surface area (Å²) < 4.78 is 0. The summed E-state index contributed by atoms with van der Waals surface area (Å²) in [4.78, 5) is 24.0. The van der Waals surface area contributed by atoms with Crippen molar-refractivity contribution in [1.29, 1.82) is 0 Å². The molecule has 3 fully saturated rings. The first-order chi connectivity index (χ1) is 11.3. The molecule has 2 aliphatic heterocycles. The normalized spacial score (nSPS) is 23.1. The SMILES string of the molecule is O=C(c1ccc(N2CCN(C3CC3)CC2)nc1)N1CCCCC1. The van der Waals surface area contributed by atoms with Crippen molar-refractivity contribution in [3.05, 3.63) is 23.9 Å². The second-order valence-corrected chi connectivity index (χ2v) is 7.01. The number of likely N-dealkylation sites (tertiary alicyclic amines) is 1. The monoisotopic (exact) mass is 314 g/mol. The number of carbonyl (C=O) groups excluding carboxylic acids is 1. The lowest BCUT2D eigenvalue weighted by Gasteiger charge is -2.35. The average Bonchev–Trinajstić information content (AvgIpc) is 3.47. The number of hydrogen-bond donors (Lipinski definition) is 0. The first-order valence-electron chi connectivity index (χ1n) is 9.05. The molecule has 0 N–H and O–H groups in total. The van der Waals surface area contributed by atoms with E-state index >= 15 is 0 Å². The first kappa shape index (κ1) is 14.9. The maximum Gasteiger partial charge on any atom is 0.255 e. The zero-order valence-electron chi connectivity index (χ0n) is 13.8. The van der Waals surface area contributed by atoms with E-state index in [1.807, 2.05) is 17.0 Å². The van der Waals surface area contributed by atoms with Gasteiger partial charge in [0.15, 0.2) is 0 Å². The molecule has 3 aliphatic rings. The van der Waals surface area contributed by atoms with Gasteiger partial charge in [0.05, 0.1) is 5.56 Å². The standard InChI is InChI=1S/C18H26N4O/c23-18(22-8-2-1-3-9-22)15-4-7-17(19-14-15)21-12-10-20(11-13-21)16-5-6-16/h4,7,14,16H,1-3,5-6,8-13H2. The molecule has 0 radical (unpaired) electrons. The number of nitrogens with zero attached hydrogens (tertiary/aromatic N) is 4. The van der Waals surface area contributed by atoms with Gasteiger partial charge in [-0.05, 0) is 44.2 Å². The molecule has 1 aromatic rings. The lowest BCUT2D eigenvalue weighted by atomic mass is 10.1. The van der Waals surface area contributed by atoms with E-state index in [1.54, 1.807) is 6.20 Å². The number of aromatic nitrogens is 1. The highest BCUT2D eigenvalue weighted by Gasteiger charge is 2.31. The number of rotatable bonds is 3. The molecule has 0 aromatic carbocycles. The van der Waals surface area contributed by atoms with Crippen LogP contribution in [0.1, 0.15) is 42.5 Å². The summed E-state index contributed by atoms with van der Waals surface area (Å²) in [5.74, 6) is 1.15. The van der Waals surface area contributed by atoms with Gasteiger partial charge in [-0.1, -0.05) is 0 Å². The van der Waals surface area contributed by atoms with Crippen LogP contribution in [-0.4, -0.2) is 66.0 Å². The summed E-state index contributed by atoms with van der Waals surface area (Å²) in [6.07, 6.45) is 8.02. The van der Waals surface area contributed by atoms with Gasteiger partial charge >= 0.3 is 0 Å². The Labute approximate surface area is 138 Å². The van der Waals surface area contributed by atoms with Crippen LogP contribution in [0.15, 0.2) is 18.3 Å². The highest BCUT2D eigenvalue weighted by atomic mass is 16.2. The lowest BCUT2D eigenvalue weighted by molar-refractivity contribution is 0.0724. The van der Waals surface area contributed by atoms with E-state index in [1.165, 1.54) is 19.3 Å². The van der Waals surface area contributed by atoms with Crippen LogP contribution in [0.3, 0.4) is 0 Å². The van der Waals surface area contributed by atoms with Crippen molar-refractivity contribution in [3.63, 3.8) is 0 Å². The third-order valence-corrected chi connectivity index (χ3v) is 5.34. The van der Waals surface area contributed by atoms with Crippen LogP contribution < -0.4 is 4.90 Å². The van der Waals surface area contributed by atoms with Gasteiger partial charge < -0.3 is 9.80 Å². The van der Waals surface area contributed by atoms with Gasteiger partial charge in [-0.2, -0.15) is 0 Å². The van der Waals surface area contributed by atoms with Gasteiger partial charge in [-0.3, -0.25) is 9.69 Å². The Morgan fingerprint density at radius 1 is 0.957 bits per heavy atom. The minimum Gasteiger partial charge on any atom is -0.354 e. The van der Waals surface area contributed by atoms with Gasteiger partial charge in [0.1, 0.15) is 5.82 Å². The van der Waals surface area contributed by atoms with Crippen LogP contribution in [0.2, 0.25) is 0 Å². The van der Waals surface area contributed by atoms with E-state index in [0.717, 1.165) is 69.5 Å². The summed E-state index contributed by atoms with van der Waals surface area (Å²) in [5, 5.41) is 0. The number of anilines is 1.